The van der Waals surface area contributed by atoms with Crippen LogP contribution in [0.3, 0.4) is 0 Å². The average Bonchev–Trinajstić information content (AvgIpc) is 3.03. The molecule has 0 aliphatic heterocycles. The highest BCUT2D eigenvalue weighted by Crippen LogP contribution is 2.19. The maximum absolute atomic E-state index is 13.1. The molecule has 0 unspecified atom stereocenters. The van der Waals surface area contributed by atoms with Gasteiger partial charge >= 0.3 is 0 Å². The van der Waals surface area contributed by atoms with Crippen molar-refractivity contribution in [3.8, 4) is 11.4 Å². The smallest absolute Gasteiger partial charge is 0.268 e. The molecule has 4 rings (SSSR count). The van der Waals surface area contributed by atoms with E-state index < -0.39 is 0 Å². The molecule has 6 heteroatoms. The summed E-state index contributed by atoms with van der Waals surface area (Å²) in [5.74, 6) is 0.612. The van der Waals surface area contributed by atoms with Crippen LogP contribution in [0.1, 0.15) is 17.0 Å². The zero-order valence-electron chi connectivity index (χ0n) is 14.7. The van der Waals surface area contributed by atoms with Gasteiger partial charge in [-0.1, -0.05) is 17.7 Å². The Morgan fingerprint density at radius 1 is 0.923 bits per heavy atom. The number of halogens is 1. The second-order valence-corrected chi connectivity index (χ2v) is 6.77. The van der Waals surface area contributed by atoms with Crippen LogP contribution in [0.25, 0.3) is 22.4 Å². The molecule has 0 aliphatic carbocycles. The van der Waals surface area contributed by atoms with E-state index in [-0.39, 0.29) is 5.56 Å². The molecule has 5 nitrogen and oxygen atoms in total. The van der Waals surface area contributed by atoms with Crippen LogP contribution in [0.2, 0.25) is 5.02 Å². The van der Waals surface area contributed by atoms with Gasteiger partial charge in [0.1, 0.15) is 11.2 Å². The van der Waals surface area contributed by atoms with E-state index in [9.17, 15) is 4.79 Å². The lowest BCUT2D eigenvalue weighted by Crippen LogP contribution is -2.22. The summed E-state index contributed by atoms with van der Waals surface area (Å²) in [6.07, 6.45) is 1.57. The van der Waals surface area contributed by atoms with Gasteiger partial charge < -0.3 is 0 Å². The summed E-state index contributed by atoms with van der Waals surface area (Å²) >= 11 is 5.96. The highest BCUT2D eigenvalue weighted by molar-refractivity contribution is 6.30. The number of nitrogens with zero attached hydrogens (tertiary/aromatic N) is 4. The third-order valence-corrected chi connectivity index (χ3v) is 4.84. The van der Waals surface area contributed by atoms with E-state index in [0.29, 0.717) is 21.9 Å². The van der Waals surface area contributed by atoms with E-state index in [0.717, 1.165) is 16.9 Å². The van der Waals surface area contributed by atoms with Crippen LogP contribution >= 0.6 is 11.6 Å². The van der Waals surface area contributed by atoms with Crippen LogP contribution in [0, 0.1) is 20.8 Å². The number of fused-ring (bicyclic) bond motifs is 1. The minimum Gasteiger partial charge on any atom is -0.268 e. The van der Waals surface area contributed by atoms with Crippen molar-refractivity contribution < 1.29 is 0 Å². The maximum atomic E-state index is 13.1. The first-order valence-electron chi connectivity index (χ1n) is 8.26. The summed E-state index contributed by atoms with van der Waals surface area (Å²) in [7, 11) is 0. The summed E-state index contributed by atoms with van der Waals surface area (Å²) in [5.41, 5.74) is 4.34. The van der Waals surface area contributed by atoms with E-state index in [1.807, 2.05) is 51.1 Å². The van der Waals surface area contributed by atoms with Crippen LogP contribution in [-0.4, -0.2) is 19.3 Å². The first-order chi connectivity index (χ1) is 12.5. The second-order valence-electron chi connectivity index (χ2n) is 6.34. The van der Waals surface area contributed by atoms with Crippen LogP contribution in [0.4, 0.5) is 0 Å². The minimum absolute atomic E-state index is 0.129. The number of hydrogen-bond acceptors (Lipinski definition) is 3. The lowest BCUT2D eigenvalue weighted by Gasteiger charge is -2.12. The van der Waals surface area contributed by atoms with Crippen molar-refractivity contribution >= 4 is 22.6 Å². The van der Waals surface area contributed by atoms with Crippen molar-refractivity contribution in [3.63, 3.8) is 0 Å². The topological polar surface area (TPSA) is 52.7 Å². The molecule has 0 radical (unpaired) electrons. The third-order valence-electron chi connectivity index (χ3n) is 4.59. The fourth-order valence-electron chi connectivity index (χ4n) is 3.01. The van der Waals surface area contributed by atoms with Gasteiger partial charge in [0.2, 0.25) is 0 Å². The Kier molecular flexibility index (Phi) is 3.89. The molecule has 130 valence electrons. The second kappa shape index (κ2) is 6.11. The lowest BCUT2D eigenvalue weighted by atomic mass is 10.1. The molecule has 2 aromatic carbocycles. The average molecular weight is 365 g/mol. The van der Waals surface area contributed by atoms with Crippen molar-refractivity contribution in [2.45, 2.75) is 20.8 Å². The SMILES string of the molecule is Cc1ccc(-n2c(C)nc3c(cnn3-c3ccc(Cl)cc3)c2=O)cc1C. The number of hydrogen-bond donors (Lipinski definition) is 0. The Hall–Kier alpha value is -2.92. The highest BCUT2D eigenvalue weighted by Gasteiger charge is 2.15. The Bertz CT molecular complexity index is 1190. The molecule has 0 bridgehead atoms. The van der Waals surface area contributed by atoms with Gasteiger partial charge in [-0.2, -0.15) is 5.10 Å². The zero-order chi connectivity index (χ0) is 18.4. The van der Waals surface area contributed by atoms with Crippen molar-refractivity contribution in [1.82, 2.24) is 19.3 Å². The molecule has 0 atom stereocenters. The first kappa shape index (κ1) is 16.5. The van der Waals surface area contributed by atoms with Crippen LogP contribution < -0.4 is 5.56 Å². The Balaban J connectivity index is 1.95. The maximum Gasteiger partial charge on any atom is 0.269 e. The molecule has 26 heavy (non-hydrogen) atoms. The molecule has 2 aromatic heterocycles. The zero-order valence-corrected chi connectivity index (χ0v) is 15.4. The van der Waals surface area contributed by atoms with Gasteiger partial charge in [-0.3, -0.25) is 9.36 Å². The Labute approximate surface area is 155 Å². The molecule has 0 amide bonds. The van der Waals surface area contributed by atoms with E-state index in [2.05, 4.69) is 10.1 Å². The summed E-state index contributed by atoms with van der Waals surface area (Å²) in [6.45, 7) is 5.91. The van der Waals surface area contributed by atoms with Crippen LogP contribution in [0.5, 0.6) is 0 Å². The molecular weight excluding hydrogens is 348 g/mol. The highest BCUT2D eigenvalue weighted by atomic mass is 35.5. The van der Waals surface area contributed by atoms with Gasteiger partial charge in [0.25, 0.3) is 5.56 Å². The minimum atomic E-state index is -0.129. The predicted molar refractivity (Wildman–Crippen MR) is 104 cm³/mol. The molecule has 0 fully saturated rings. The predicted octanol–water partition coefficient (Wildman–Crippen LogP) is 4.15. The fraction of sp³-hybridized carbons (Fsp3) is 0.150. The van der Waals surface area contributed by atoms with E-state index in [1.54, 1.807) is 27.6 Å². The van der Waals surface area contributed by atoms with Gasteiger partial charge in [0.05, 0.1) is 17.6 Å². The Morgan fingerprint density at radius 3 is 2.31 bits per heavy atom. The van der Waals surface area contributed by atoms with Gasteiger partial charge in [0, 0.05) is 5.02 Å². The molecule has 0 spiro atoms. The standard InChI is InChI=1S/C20H17ClN4O/c1-12-4-7-17(10-13(12)2)24-14(3)23-19-18(20(24)26)11-22-25(19)16-8-5-15(21)6-9-16/h4-11H,1-3H3. The van der Waals surface area contributed by atoms with E-state index >= 15 is 0 Å². The monoisotopic (exact) mass is 364 g/mol. The molecule has 4 aromatic rings. The molecule has 0 saturated heterocycles. The summed E-state index contributed by atoms with van der Waals surface area (Å²) in [6, 6.07) is 13.2. The van der Waals surface area contributed by atoms with Crippen molar-refractivity contribution in [1.29, 1.82) is 0 Å². The van der Waals surface area contributed by atoms with Gasteiger partial charge in [-0.15, -0.1) is 0 Å². The first-order valence-corrected chi connectivity index (χ1v) is 8.64. The normalized spacial score (nSPS) is 11.2. The van der Waals surface area contributed by atoms with Crippen LogP contribution in [-0.2, 0) is 0 Å². The van der Waals surface area contributed by atoms with Crippen molar-refractivity contribution in [3.05, 3.63) is 81.0 Å². The largest absolute Gasteiger partial charge is 0.269 e. The fourth-order valence-corrected chi connectivity index (χ4v) is 3.14. The Morgan fingerprint density at radius 2 is 1.62 bits per heavy atom. The van der Waals surface area contributed by atoms with E-state index in [4.69, 9.17) is 11.6 Å². The lowest BCUT2D eigenvalue weighted by molar-refractivity contribution is 0.858. The summed E-state index contributed by atoms with van der Waals surface area (Å²) in [4.78, 5) is 17.7. The molecule has 0 saturated carbocycles. The number of benzene rings is 2. The van der Waals surface area contributed by atoms with Gasteiger partial charge in [-0.05, 0) is 68.3 Å². The van der Waals surface area contributed by atoms with Crippen molar-refractivity contribution in [2.75, 3.05) is 0 Å². The number of rotatable bonds is 2. The van der Waals surface area contributed by atoms with E-state index in [1.165, 1.54) is 5.56 Å². The molecule has 0 N–H and O–H groups in total. The molecule has 2 heterocycles. The number of aromatic nitrogens is 4. The number of aryl methyl sites for hydroxylation is 3. The quantitative estimate of drug-likeness (QED) is 0.537. The third kappa shape index (κ3) is 2.61. The van der Waals surface area contributed by atoms with Gasteiger partial charge in [0.15, 0.2) is 5.65 Å². The summed E-state index contributed by atoms with van der Waals surface area (Å²) in [5, 5.41) is 5.48. The van der Waals surface area contributed by atoms with Crippen molar-refractivity contribution in [2.24, 2.45) is 0 Å². The van der Waals surface area contributed by atoms with Crippen LogP contribution in [0.15, 0.2) is 53.5 Å². The summed E-state index contributed by atoms with van der Waals surface area (Å²) < 4.78 is 3.29. The molecule has 0 aliphatic rings. The van der Waals surface area contributed by atoms with Gasteiger partial charge in [-0.25, -0.2) is 9.67 Å². The molecular formula is C20H17ClN4O.